The molecule has 1 aromatic carbocycles. The van der Waals surface area contributed by atoms with Gasteiger partial charge >= 0.3 is 5.97 Å². The van der Waals surface area contributed by atoms with Crippen LogP contribution >= 0.6 is 0 Å². The number of hydrogen-bond acceptors (Lipinski definition) is 8. The van der Waals surface area contributed by atoms with E-state index in [-0.39, 0.29) is 40.9 Å². The van der Waals surface area contributed by atoms with E-state index >= 15 is 0 Å². The number of benzene rings is 1. The van der Waals surface area contributed by atoms with Gasteiger partial charge in [0, 0.05) is 30.0 Å². The molecule has 9 nitrogen and oxygen atoms in total. The van der Waals surface area contributed by atoms with E-state index in [9.17, 15) is 29.7 Å². The summed E-state index contributed by atoms with van der Waals surface area (Å²) < 4.78 is 16.1. The molecule has 27 heavy (non-hydrogen) atoms. The van der Waals surface area contributed by atoms with Crippen LogP contribution in [0.25, 0.3) is 0 Å². The van der Waals surface area contributed by atoms with E-state index in [1.165, 1.54) is 14.0 Å². The standard InChI is InChI=1S/C18H16O9/c1-18-5-6-11(8(26-18)4-10(27-18)17(23)24)16(22)12-7(19)3-9(25-2)15(21)13(12)14(6)20/h3,8,10,20,22H,4-5H2,1-2H3,(H,23,24)/t8-,10-,18+/m0/s1. The molecule has 142 valence electrons. The zero-order valence-electron chi connectivity index (χ0n) is 14.4. The third-order valence-corrected chi connectivity index (χ3v) is 5.08. The van der Waals surface area contributed by atoms with Crippen molar-refractivity contribution in [1.29, 1.82) is 0 Å². The van der Waals surface area contributed by atoms with Crippen molar-refractivity contribution in [3.63, 3.8) is 0 Å². The number of phenols is 2. The number of carboxylic acid groups (broad SMARTS) is 1. The number of Topliss-reactive ketones (excluding diaryl/α,β-unsaturated/α-hetero) is 1. The normalized spacial score (nSPS) is 28.9. The van der Waals surface area contributed by atoms with Crippen LogP contribution in [0.1, 0.15) is 51.3 Å². The molecule has 1 fully saturated rings. The third kappa shape index (κ3) is 2.35. The average Bonchev–Trinajstić information content (AvgIpc) is 2.59. The van der Waals surface area contributed by atoms with Gasteiger partial charge in [-0.2, -0.15) is 0 Å². The highest BCUT2D eigenvalue weighted by atomic mass is 16.7. The van der Waals surface area contributed by atoms with Gasteiger partial charge in [0.05, 0.1) is 24.3 Å². The third-order valence-electron chi connectivity index (χ3n) is 5.08. The van der Waals surface area contributed by atoms with Crippen LogP contribution in [0.3, 0.4) is 0 Å². The molecule has 3 N–H and O–H groups in total. The number of phenolic OH excluding ortho intramolecular Hbond substituents is 2. The zero-order valence-corrected chi connectivity index (χ0v) is 14.4. The zero-order chi connectivity index (χ0) is 19.7. The second-order valence-corrected chi connectivity index (χ2v) is 6.84. The molecule has 2 bridgehead atoms. The van der Waals surface area contributed by atoms with Gasteiger partial charge in [0.15, 0.2) is 23.4 Å². The number of rotatable bonds is 2. The van der Waals surface area contributed by atoms with Crippen LogP contribution in [0.4, 0.5) is 0 Å². The van der Waals surface area contributed by atoms with Gasteiger partial charge in [0.25, 0.3) is 0 Å². The molecule has 0 saturated carbocycles. The number of ketones is 2. The van der Waals surface area contributed by atoms with Gasteiger partial charge in [-0.15, -0.1) is 0 Å². The Bertz CT molecular complexity index is 945. The largest absolute Gasteiger partial charge is 0.507 e. The molecular formula is C18H16O9. The fourth-order valence-electron chi connectivity index (χ4n) is 3.96. The number of allylic oxidation sites excluding steroid dienone is 2. The molecule has 9 heteroatoms. The van der Waals surface area contributed by atoms with Crippen LogP contribution in [0.2, 0.25) is 0 Å². The maximum Gasteiger partial charge on any atom is 0.333 e. The molecule has 2 aliphatic heterocycles. The maximum absolute atomic E-state index is 12.6. The summed E-state index contributed by atoms with van der Waals surface area (Å²) in [6.45, 7) is 1.52. The summed E-state index contributed by atoms with van der Waals surface area (Å²) in [5.74, 6) is -5.18. The summed E-state index contributed by atoms with van der Waals surface area (Å²) >= 11 is 0. The summed E-state index contributed by atoms with van der Waals surface area (Å²) in [6.07, 6.45) is -1.38. The molecule has 0 radical (unpaired) electrons. The van der Waals surface area contributed by atoms with Crippen molar-refractivity contribution in [2.45, 2.75) is 37.8 Å². The minimum Gasteiger partial charge on any atom is -0.507 e. The van der Waals surface area contributed by atoms with Gasteiger partial charge in [-0.25, -0.2) is 4.79 Å². The number of fused-ring (bicyclic) bond motifs is 5. The molecule has 0 spiro atoms. The van der Waals surface area contributed by atoms with E-state index in [1.807, 2.05) is 0 Å². The number of ether oxygens (including phenoxy) is 3. The Balaban J connectivity index is 1.95. The quantitative estimate of drug-likeness (QED) is 0.650. The van der Waals surface area contributed by atoms with Crippen molar-refractivity contribution in [3.8, 4) is 11.5 Å². The predicted octanol–water partition coefficient (Wildman–Crippen LogP) is 1.21. The predicted molar refractivity (Wildman–Crippen MR) is 86.6 cm³/mol. The number of carboxylic acids is 1. The first-order valence-corrected chi connectivity index (χ1v) is 8.20. The lowest BCUT2D eigenvalue weighted by molar-refractivity contribution is -0.314. The summed E-state index contributed by atoms with van der Waals surface area (Å²) in [5.41, 5.74) is -0.391. The number of carbonyl (C=O) groups excluding carboxylic acids is 2. The number of methoxy groups -OCH3 is 1. The Hall–Kier alpha value is -2.91. The Morgan fingerprint density at radius 1 is 1.22 bits per heavy atom. The Morgan fingerprint density at radius 3 is 2.56 bits per heavy atom. The lowest BCUT2D eigenvalue weighted by Crippen LogP contribution is -2.50. The van der Waals surface area contributed by atoms with E-state index in [2.05, 4.69) is 0 Å². The van der Waals surface area contributed by atoms with Crippen molar-refractivity contribution in [2.24, 2.45) is 0 Å². The highest BCUT2D eigenvalue weighted by Gasteiger charge is 2.50. The van der Waals surface area contributed by atoms with E-state index < -0.39 is 47.0 Å². The smallest absolute Gasteiger partial charge is 0.333 e. The first-order valence-electron chi connectivity index (χ1n) is 8.20. The maximum atomic E-state index is 12.6. The topological polar surface area (TPSA) is 140 Å². The fraction of sp³-hybridized carbons (Fsp3) is 0.389. The summed E-state index contributed by atoms with van der Waals surface area (Å²) in [7, 11) is 1.22. The van der Waals surface area contributed by atoms with Crippen LogP contribution in [0.15, 0.2) is 11.8 Å². The van der Waals surface area contributed by atoms with Crippen LogP contribution in [-0.2, 0) is 25.4 Å². The van der Waals surface area contributed by atoms with Gasteiger partial charge in [-0.3, -0.25) is 9.59 Å². The van der Waals surface area contributed by atoms with E-state index in [4.69, 9.17) is 14.2 Å². The number of hydrogen-bond donors (Lipinski definition) is 3. The summed E-state index contributed by atoms with van der Waals surface area (Å²) in [6, 6.07) is 0. The molecule has 3 atom stereocenters. The monoisotopic (exact) mass is 376 g/mol. The van der Waals surface area contributed by atoms with Gasteiger partial charge in [0.2, 0.25) is 5.78 Å². The van der Waals surface area contributed by atoms with E-state index in [0.29, 0.717) is 0 Å². The lowest BCUT2D eigenvalue weighted by atomic mass is 9.80. The SMILES string of the molecule is COC1=CC(=O)c2c(O)c3c(c(O)c2C1=O)C[C@@]1(C)O[C@H](C(=O)O)C[C@@H]3O1. The van der Waals surface area contributed by atoms with Gasteiger partial charge in [-0.1, -0.05) is 0 Å². The lowest BCUT2D eigenvalue weighted by Gasteiger charge is -2.46. The molecule has 0 unspecified atom stereocenters. The Kier molecular flexibility index (Phi) is 3.59. The molecular weight excluding hydrogens is 360 g/mol. The minimum absolute atomic E-state index is 0.105. The minimum atomic E-state index is -1.36. The van der Waals surface area contributed by atoms with Crippen LogP contribution < -0.4 is 0 Å². The second-order valence-electron chi connectivity index (χ2n) is 6.84. The average molecular weight is 376 g/mol. The Labute approximate surface area is 152 Å². The number of aromatic hydroxyl groups is 2. The van der Waals surface area contributed by atoms with Gasteiger partial charge in [0.1, 0.15) is 11.5 Å². The number of aliphatic carboxylic acids is 1. The second kappa shape index (κ2) is 5.54. The Morgan fingerprint density at radius 2 is 1.93 bits per heavy atom. The van der Waals surface area contributed by atoms with Crippen molar-refractivity contribution >= 4 is 17.5 Å². The molecule has 4 rings (SSSR count). The van der Waals surface area contributed by atoms with Crippen molar-refractivity contribution in [1.82, 2.24) is 0 Å². The highest BCUT2D eigenvalue weighted by molar-refractivity contribution is 6.26. The molecule has 2 heterocycles. The summed E-state index contributed by atoms with van der Waals surface area (Å²) in [4.78, 5) is 36.4. The first kappa shape index (κ1) is 17.5. The summed E-state index contributed by atoms with van der Waals surface area (Å²) in [5, 5.41) is 30.8. The van der Waals surface area contributed by atoms with Crippen molar-refractivity contribution in [2.75, 3.05) is 7.11 Å². The molecule has 1 aliphatic carbocycles. The van der Waals surface area contributed by atoms with Crippen molar-refractivity contribution in [3.05, 3.63) is 34.1 Å². The van der Waals surface area contributed by atoms with Gasteiger partial charge < -0.3 is 29.5 Å². The fourth-order valence-corrected chi connectivity index (χ4v) is 3.96. The van der Waals surface area contributed by atoms with Crippen LogP contribution in [0.5, 0.6) is 11.5 Å². The van der Waals surface area contributed by atoms with E-state index in [1.54, 1.807) is 0 Å². The van der Waals surface area contributed by atoms with E-state index in [0.717, 1.165) is 6.08 Å². The van der Waals surface area contributed by atoms with Crippen molar-refractivity contribution < 1.29 is 43.9 Å². The molecule has 3 aliphatic rings. The highest BCUT2D eigenvalue weighted by Crippen LogP contribution is 2.53. The van der Waals surface area contributed by atoms with Crippen LogP contribution in [-0.4, -0.2) is 51.9 Å². The van der Waals surface area contributed by atoms with Gasteiger partial charge in [-0.05, 0) is 6.92 Å². The molecule has 0 aromatic heterocycles. The number of carbonyl (C=O) groups is 3. The first-order chi connectivity index (χ1) is 12.7. The molecule has 1 aromatic rings. The van der Waals surface area contributed by atoms with Crippen LogP contribution in [0, 0.1) is 0 Å². The molecule has 0 amide bonds. The molecule has 1 saturated heterocycles.